The van der Waals surface area contributed by atoms with Crippen LogP contribution in [0.15, 0.2) is 23.1 Å². The third-order valence-corrected chi connectivity index (χ3v) is 4.28. The van der Waals surface area contributed by atoms with Gasteiger partial charge in [-0.05, 0) is 39.4 Å². The van der Waals surface area contributed by atoms with Crippen LogP contribution >= 0.6 is 12.4 Å². The summed E-state index contributed by atoms with van der Waals surface area (Å²) in [5, 5.41) is 2.99. The van der Waals surface area contributed by atoms with E-state index in [2.05, 4.69) is 10.0 Å². The molecule has 0 aliphatic carbocycles. The Balaban J connectivity index is 0.00000289. The van der Waals surface area contributed by atoms with E-state index in [4.69, 9.17) is 0 Å². The van der Waals surface area contributed by atoms with Crippen molar-refractivity contribution in [3.8, 4) is 0 Å². The summed E-state index contributed by atoms with van der Waals surface area (Å²) in [6, 6.07) is 5.44. The Morgan fingerprint density at radius 1 is 1.28 bits per heavy atom. The lowest BCUT2D eigenvalue weighted by Crippen LogP contribution is -2.37. The van der Waals surface area contributed by atoms with Crippen LogP contribution in [0.25, 0.3) is 0 Å². The molecule has 0 amide bonds. The van der Waals surface area contributed by atoms with Crippen molar-refractivity contribution >= 4 is 22.4 Å². The second kappa shape index (κ2) is 7.09. The van der Waals surface area contributed by atoms with E-state index >= 15 is 0 Å². The lowest BCUT2D eigenvalue weighted by atomic mass is 10.2. The standard InChI is InChI=1S/C12H20N2O2S.ClH/c1-9-5-6-12(10(2)7-9)17(15,16)14-8-11(3)13-4;/h5-7,11,13-14H,8H2,1-4H3;1H. The Labute approximate surface area is 116 Å². The summed E-state index contributed by atoms with van der Waals surface area (Å²) < 4.78 is 26.7. The maximum atomic E-state index is 12.0. The Hall–Kier alpha value is -0.620. The molecule has 2 N–H and O–H groups in total. The van der Waals surface area contributed by atoms with Gasteiger partial charge in [0.1, 0.15) is 0 Å². The molecule has 0 fully saturated rings. The van der Waals surface area contributed by atoms with Gasteiger partial charge in [0.05, 0.1) is 4.90 Å². The summed E-state index contributed by atoms with van der Waals surface area (Å²) >= 11 is 0. The zero-order valence-corrected chi connectivity index (χ0v) is 12.8. The summed E-state index contributed by atoms with van der Waals surface area (Å²) in [5.74, 6) is 0. The molecule has 0 heterocycles. The fourth-order valence-electron chi connectivity index (χ4n) is 1.52. The van der Waals surface area contributed by atoms with Gasteiger partial charge in [0.25, 0.3) is 0 Å². The van der Waals surface area contributed by atoms with Crippen LogP contribution in [-0.4, -0.2) is 28.1 Å². The number of aryl methyl sites for hydroxylation is 2. The van der Waals surface area contributed by atoms with E-state index in [0.29, 0.717) is 11.4 Å². The molecule has 1 aromatic rings. The number of benzene rings is 1. The molecule has 0 saturated heterocycles. The lowest BCUT2D eigenvalue weighted by Gasteiger charge is -2.13. The quantitative estimate of drug-likeness (QED) is 0.867. The Morgan fingerprint density at radius 2 is 1.89 bits per heavy atom. The van der Waals surface area contributed by atoms with Gasteiger partial charge in [-0.1, -0.05) is 17.7 Å². The largest absolute Gasteiger partial charge is 0.316 e. The van der Waals surface area contributed by atoms with Crippen molar-refractivity contribution in [3.05, 3.63) is 29.3 Å². The average Bonchev–Trinajstić information content (AvgIpc) is 2.25. The first-order chi connectivity index (χ1) is 7.86. The second-order valence-electron chi connectivity index (χ2n) is 4.31. The maximum absolute atomic E-state index is 12.0. The van der Waals surface area contributed by atoms with Gasteiger partial charge < -0.3 is 5.32 Å². The normalized spacial score (nSPS) is 12.9. The zero-order chi connectivity index (χ0) is 13.1. The highest BCUT2D eigenvalue weighted by Crippen LogP contribution is 2.15. The van der Waals surface area contributed by atoms with Gasteiger partial charge in [0, 0.05) is 12.6 Å². The molecule has 4 nitrogen and oxygen atoms in total. The molecule has 0 radical (unpaired) electrons. The van der Waals surface area contributed by atoms with Crippen molar-refractivity contribution in [2.45, 2.75) is 31.7 Å². The van der Waals surface area contributed by atoms with E-state index in [9.17, 15) is 8.42 Å². The first-order valence-corrected chi connectivity index (χ1v) is 7.09. The van der Waals surface area contributed by atoms with Gasteiger partial charge in [-0.2, -0.15) is 0 Å². The first kappa shape index (κ1) is 17.4. The van der Waals surface area contributed by atoms with E-state index in [1.165, 1.54) is 0 Å². The highest BCUT2D eigenvalue weighted by atomic mass is 35.5. The Morgan fingerprint density at radius 3 is 2.39 bits per heavy atom. The summed E-state index contributed by atoms with van der Waals surface area (Å²) in [7, 11) is -1.60. The number of nitrogens with one attached hydrogen (secondary N) is 2. The summed E-state index contributed by atoms with van der Waals surface area (Å²) in [6.45, 7) is 6.06. The molecule has 1 aromatic carbocycles. The Kier molecular flexibility index (Phi) is 6.84. The summed E-state index contributed by atoms with van der Waals surface area (Å²) in [4.78, 5) is 0.353. The predicted molar refractivity (Wildman–Crippen MR) is 76.9 cm³/mol. The molecule has 0 spiro atoms. The van der Waals surface area contributed by atoms with Gasteiger partial charge in [0.2, 0.25) is 10.0 Å². The molecule has 1 rings (SSSR count). The van der Waals surface area contributed by atoms with E-state index in [-0.39, 0.29) is 18.4 Å². The average molecular weight is 293 g/mol. The van der Waals surface area contributed by atoms with Crippen molar-refractivity contribution < 1.29 is 8.42 Å². The van der Waals surface area contributed by atoms with Crippen molar-refractivity contribution in [2.75, 3.05) is 13.6 Å². The third kappa shape index (κ3) is 4.57. The van der Waals surface area contributed by atoms with Crippen LogP contribution in [0.1, 0.15) is 18.1 Å². The number of rotatable bonds is 5. The van der Waals surface area contributed by atoms with Crippen molar-refractivity contribution in [3.63, 3.8) is 0 Å². The maximum Gasteiger partial charge on any atom is 0.240 e. The minimum atomic E-state index is -3.40. The minimum Gasteiger partial charge on any atom is -0.316 e. The number of hydrogen-bond acceptors (Lipinski definition) is 3. The topological polar surface area (TPSA) is 58.2 Å². The zero-order valence-electron chi connectivity index (χ0n) is 11.1. The van der Waals surface area contributed by atoms with E-state index < -0.39 is 10.0 Å². The number of likely N-dealkylation sites (N-methyl/N-ethyl adjacent to an activating group) is 1. The van der Waals surface area contributed by atoms with E-state index in [0.717, 1.165) is 11.1 Å². The Bertz CT molecular complexity index is 489. The monoisotopic (exact) mass is 292 g/mol. The molecular formula is C12H21ClN2O2S. The molecule has 0 aliphatic rings. The predicted octanol–water partition coefficient (Wildman–Crippen LogP) is 1.61. The van der Waals surface area contributed by atoms with Gasteiger partial charge in [-0.25, -0.2) is 13.1 Å². The molecule has 18 heavy (non-hydrogen) atoms. The van der Waals surface area contributed by atoms with Gasteiger partial charge >= 0.3 is 0 Å². The van der Waals surface area contributed by atoms with Gasteiger partial charge in [0.15, 0.2) is 0 Å². The lowest BCUT2D eigenvalue weighted by molar-refractivity contribution is 0.554. The molecule has 0 aromatic heterocycles. The molecule has 104 valence electrons. The number of hydrogen-bond donors (Lipinski definition) is 2. The SMILES string of the molecule is CNC(C)CNS(=O)(=O)c1ccc(C)cc1C.Cl. The van der Waals surface area contributed by atoms with Crippen molar-refractivity contribution in [1.82, 2.24) is 10.0 Å². The summed E-state index contributed by atoms with van der Waals surface area (Å²) in [5.41, 5.74) is 1.83. The fraction of sp³-hybridized carbons (Fsp3) is 0.500. The second-order valence-corrected chi connectivity index (χ2v) is 6.05. The highest BCUT2D eigenvalue weighted by molar-refractivity contribution is 7.89. The molecule has 0 saturated carbocycles. The van der Waals surface area contributed by atoms with Crippen LogP contribution in [0, 0.1) is 13.8 Å². The van der Waals surface area contributed by atoms with Crippen molar-refractivity contribution in [1.29, 1.82) is 0 Å². The van der Waals surface area contributed by atoms with Crippen LogP contribution in [-0.2, 0) is 10.0 Å². The highest BCUT2D eigenvalue weighted by Gasteiger charge is 2.16. The molecule has 1 unspecified atom stereocenters. The van der Waals surface area contributed by atoms with Crippen LogP contribution in [0.4, 0.5) is 0 Å². The van der Waals surface area contributed by atoms with Crippen molar-refractivity contribution in [2.24, 2.45) is 0 Å². The smallest absolute Gasteiger partial charge is 0.240 e. The van der Waals surface area contributed by atoms with Crippen LogP contribution in [0.5, 0.6) is 0 Å². The summed E-state index contributed by atoms with van der Waals surface area (Å²) in [6.07, 6.45) is 0. The van der Waals surface area contributed by atoms with Crippen LogP contribution in [0.2, 0.25) is 0 Å². The molecule has 0 bridgehead atoms. The van der Waals surface area contributed by atoms with Gasteiger partial charge in [-0.15, -0.1) is 12.4 Å². The fourth-order valence-corrected chi connectivity index (χ4v) is 2.87. The van der Waals surface area contributed by atoms with Gasteiger partial charge in [-0.3, -0.25) is 0 Å². The van der Waals surface area contributed by atoms with E-state index in [1.807, 2.05) is 32.9 Å². The number of sulfonamides is 1. The first-order valence-electron chi connectivity index (χ1n) is 5.61. The van der Waals surface area contributed by atoms with E-state index in [1.54, 1.807) is 13.1 Å². The third-order valence-electron chi connectivity index (χ3n) is 2.69. The molecular weight excluding hydrogens is 272 g/mol. The molecule has 6 heteroatoms. The minimum absolute atomic E-state index is 0. The number of halogens is 1. The van der Waals surface area contributed by atoms with Crippen LogP contribution < -0.4 is 10.0 Å². The molecule has 0 aliphatic heterocycles. The molecule has 1 atom stereocenters. The van der Waals surface area contributed by atoms with Crippen LogP contribution in [0.3, 0.4) is 0 Å².